The summed E-state index contributed by atoms with van der Waals surface area (Å²) in [5, 5.41) is 0. The summed E-state index contributed by atoms with van der Waals surface area (Å²) in [6.45, 7) is 1.30. The summed E-state index contributed by atoms with van der Waals surface area (Å²) >= 11 is 0. The molecule has 0 spiro atoms. The molecule has 1 unspecified atom stereocenters. The van der Waals surface area contributed by atoms with E-state index in [2.05, 4.69) is 0 Å². The van der Waals surface area contributed by atoms with Crippen LogP contribution in [0.2, 0.25) is 0 Å². The summed E-state index contributed by atoms with van der Waals surface area (Å²) in [5.74, 6) is -0.337. The molecule has 5 rings (SSSR count). The molecule has 5 heteroatoms. The number of carbonyl (C=O) groups excluding carboxylic acids is 2. The Kier molecular flexibility index (Phi) is 6.18. The molecule has 0 aromatic heterocycles. The van der Waals surface area contributed by atoms with E-state index in [4.69, 9.17) is 0 Å². The third kappa shape index (κ3) is 4.00. The molecular weight excluding hydrogens is 427 g/mol. The molecule has 3 aromatic carbocycles. The van der Waals surface area contributed by atoms with Crippen molar-refractivity contribution in [3.63, 3.8) is 0 Å². The SMILES string of the molecule is O=C(CN1CCCC(c2ccccc2)(c2ccccc2)C1=O)N1CCCC1c1ccc(F)cc1. The van der Waals surface area contributed by atoms with Crippen molar-refractivity contribution < 1.29 is 14.0 Å². The Labute approximate surface area is 200 Å². The Morgan fingerprint density at radius 1 is 0.853 bits per heavy atom. The lowest BCUT2D eigenvalue weighted by molar-refractivity contribution is -0.146. The highest BCUT2D eigenvalue weighted by Gasteiger charge is 2.47. The molecule has 174 valence electrons. The highest BCUT2D eigenvalue weighted by molar-refractivity contribution is 5.95. The molecule has 2 heterocycles. The second kappa shape index (κ2) is 9.41. The van der Waals surface area contributed by atoms with Crippen LogP contribution in [0.5, 0.6) is 0 Å². The van der Waals surface area contributed by atoms with E-state index in [0.29, 0.717) is 19.5 Å². The van der Waals surface area contributed by atoms with Gasteiger partial charge in [-0.15, -0.1) is 0 Å². The maximum absolute atomic E-state index is 14.1. The van der Waals surface area contributed by atoms with Crippen LogP contribution in [0.3, 0.4) is 0 Å². The number of benzene rings is 3. The van der Waals surface area contributed by atoms with Crippen molar-refractivity contribution in [2.45, 2.75) is 37.1 Å². The van der Waals surface area contributed by atoms with Crippen LogP contribution in [0.25, 0.3) is 0 Å². The normalized spacial score (nSPS) is 19.9. The zero-order valence-corrected chi connectivity index (χ0v) is 19.2. The predicted molar refractivity (Wildman–Crippen MR) is 130 cm³/mol. The van der Waals surface area contributed by atoms with Crippen LogP contribution in [-0.2, 0) is 15.0 Å². The van der Waals surface area contributed by atoms with Gasteiger partial charge in [-0.1, -0.05) is 72.8 Å². The van der Waals surface area contributed by atoms with E-state index < -0.39 is 5.41 Å². The van der Waals surface area contributed by atoms with Crippen molar-refractivity contribution in [3.8, 4) is 0 Å². The Balaban J connectivity index is 1.42. The van der Waals surface area contributed by atoms with Crippen molar-refractivity contribution >= 4 is 11.8 Å². The fourth-order valence-electron chi connectivity index (χ4n) is 5.66. The van der Waals surface area contributed by atoms with Crippen molar-refractivity contribution in [2.24, 2.45) is 0 Å². The highest BCUT2D eigenvalue weighted by Crippen LogP contribution is 2.41. The summed E-state index contributed by atoms with van der Waals surface area (Å²) in [6, 6.07) is 26.2. The minimum Gasteiger partial charge on any atom is -0.334 e. The van der Waals surface area contributed by atoms with Crippen molar-refractivity contribution in [3.05, 3.63) is 107 Å². The Morgan fingerprint density at radius 2 is 1.47 bits per heavy atom. The summed E-state index contributed by atoms with van der Waals surface area (Å²) in [5.41, 5.74) is 2.09. The van der Waals surface area contributed by atoms with Gasteiger partial charge in [-0.2, -0.15) is 0 Å². The zero-order chi connectivity index (χ0) is 23.5. The molecule has 0 aliphatic carbocycles. The fraction of sp³-hybridized carbons (Fsp3) is 0.310. The zero-order valence-electron chi connectivity index (χ0n) is 19.2. The van der Waals surface area contributed by atoms with Gasteiger partial charge in [0.05, 0.1) is 18.0 Å². The Hall–Kier alpha value is -3.47. The molecule has 0 saturated carbocycles. The first kappa shape index (κ1) is 22.3. The van der Waals surface area contributed by atoms with Gasteiger partial charge in [0.15, 0.2) is 0 Å². The molecule has 3 aromatic rings. The lowest BCUT2D eigenvalue weighted by Gasteiger charge is -2.43. The molecule has 2 fully saturated rings. The maximum Gasteiger partial charge on any atom is 0.242 e. The molecule has 2 aliphatic rings. The van der Waals surface area contributed by atoms with Gasteiger partial charge in [-0.05, 0) is 54.5 Å². The average molecular weight is 457 g/mol. The van der Waals surface area contributed by atoms with Crippen LogP contribution < -0.4 is 0 Å². The fourth-order valence-corrected chi connectivity index (χ4v) is 5.66. The summed E-state index contributed by atoms with van der Waals surface area (Å²) in [7, 11) is 0. The van der Waals surface area contributed by atoms with Gasteiger partial charge in [0, 0.05) is 13.1 Å². The van der Waals surface area contributed by atoms with Gasteiger partial charge in [0.1, 0.15) is 5.82 Å². The van der Waals surface area contributed by atoms with Crippen LogP contribution in [-0.4, -0.2) is 41.2 Å². The van der Waals surface area contributed by atoms with Crippen LogP contribution in [0.4, 0.5) is 4.39 Å². The molecule has 0 N–H and O–H groups in total. The number of carbonyl (C=O) groups is 2. The van der Waals surface area contributed by atoms with E-state index >= 15 is 0 Å². The number of nitrogens with zero attached hydrogens (tertiary/aromatic N) is 2. The van der Waals surface area contributed by atoms with Gasteiger partial charge >= 0.3 is 0 Å². The molecule has 2 aliphatic heterocycles. The summed E-state index contributed by atoms with van der Waals surface area (Å²) in [4.78, 5) is 31.2. The second-order valence-corrected chi connectivity index (χ2v) is 9.26. The van der Waals surface area contributed by atoms with E-state index in [0.717, 1.165) is 36.0 Å². The summed E-state index contributed by atoms with van der Waals surface area (Å²) < 4.78 is 13.4. The predicted octanol–water partition coefficient (Wildman–Crippen LogP) is 5.10. The van der Waals surface area contributed by atoms with E-state index in [9.17, 15) is 14.0 Å². The first-order chi connectivity index (χ1) is 16.6. The number of rotatable bonds is 5. The lowest BCUT2D eigenvalue weighted by atomic mass is 9.68. The van der Waals surface area contributed by atoms with Crippen LogP contribution >= 0.6 is 0 Å². The molecule has 2 saturated heterocycles. The maximum atomic E-state index is 14.1. The number of piperidine rings is 1. The van der Waals surface area contributed by atoms with E-state index in [-0.39, 0.29) is 30.2 Å². The number of likely N-dealkylation sites (tertiary alicyclic amines) is 2. The van der Waals surface area contributed by atoms with Crippen molar-refractivity contribution in [1.82, 2.24) is 9.80 Å². The van der Waals surface area contributed by atoms with Gasteiger partial charge in [0.2, 0.25) is 11.8 Å². The van der Waals surface area contributed by atoms with Crippen molar-refractivity contribution in [2.75, 3.05) is 19.6 Å². The minimum atomic E-state index is -0.789. The second-order valence-electron chi connectivity index (χ2n) is 9.26. The minimum absolute atomic E-state index is 0.0120. The average Bonchev–Trinajstić information content (AvgIpc) is 3.37. The molecule has 34 heavy (non-hydrogen) atoms. The monoisotopic (exact) mass is 456 g/mol. The molecule has 1 atom stereocenters. The number of hydrogen-bond acceptors (Lipinski definition) is 2. The summed E-state index contributed by atoms with van der Waals surface area (Å²) in [6.07, 6.45) is 3.29. The highest BCUT2D eigenvalue weighted by atomic mass is 19.1. The van der Waals surface area contributed by atoms with Crippen molar-refractivity contribution in [1.29, 1.82) is 0 Å². The Morgan fingerprint density at radius 3 is 2.09 bits per heavy atom. The standard InChI is InChI=1S/C29H29FN2O2/c30-25-16-14-22(15-17-25)26-13-7-20-32(26)27(33)21-31-19-8-18-29(28(31)34,23-9-3-1-4-10-23)24-11-5-2-6-12-24/h1-6,9-12,14-17,26H,7-8,13,18-21H2. The largest absolute Gasteiger partial charge is 0.334 e. The van der Waals surface area contributed by atoms with Crippen LogP contribution in [0.15, 0.2) is 84.9 Å². The van der Waals surface area contributed by atoms with Gasteiger partial charge < -0.3 is 9.80 Å². The number of amides is 2. The third-order valence-corrected chi connectivity index (χ3v) is 7.32. The smallest absolute Gasteiger partial charge is 0.242 e. The van der Waals surface area contributed by atoms with E-state index in [1.54, 1.807) is 17.0 Å². The number of hydrogen-bond donors (Lipinski definition) is 0. The third-order valence-electron chi connectivity index (χ3n) is 7.32. The topological polar surface area (TPSA) is 40.6 Å². The van der Waals surface area contributed by atoms with E-state index in [1.165, 1.54) is 12.1 Å². The van der Waals surface area contributed by atoms with Crippen LogP contribution in [0.1, 0.15) is 48.4 Å². The molecular formula is C29H29FN2O2. The van der Waals surface area contributed by atoms with Crippen LogP contribution in [0, 0.1) is 5.82 Å². The number of halogens is 1. The first-order valence-electron chi connectivity index (χ1n) is 12.0. The van der Waals surface area contributed by atoms with Gasteiger partial charge in [-0.3, -0.25) is 9.59 Å². The van der Waals surface area contributed by atoms with Gasteiger partial charge in [0.25, 0.3) is 0 Å². The molecule has 0 radical (unpaired) electrons. The molecule has 2 amide bonds. The molecule has 0 bridgehead atoms. The lowest BCUT2D eigenvalue weighted by Crippen LogP contribution is -2.54. The van der Waals surface area contributed by atoms with Gasteiger partial charge in [-0.25, -0.2) is 4.39 Å². The quantitative estimate of drug-likeness (QED) is 0.536. The van der Waals surface area contributed by atoms with E-state index in [1.807, 2.05) is 65.6 Å². The first-order valence-corrected chi connectivity index (χ1v) is 12.0. The molecule has 4 nitrogen and oxygen atoms in total. The Bertz CT molecular complexity index is 1110.